The zero-order valence-electron chi connectivity index (χ0n) is 18.4. The molecule has 2 amide bonds. The summed E-state index contributed by atoms with van der Waals surface area (Å²) >= 11 is 0. The Morgan fingerprint density at radius 3 is 2.56 bits per heavy atom. The van der Waals surface area contributed by atoms with E-state index >= 15 is 0 Å². The third-order valence-electron chi connectivity index (χ3n) is 5.90. The molecular formula is C25H22N2O6S. The lowest BCUT2D eigenvalue weighted by atomic mass is 10.1. The van der Waals surface area contributed by atoms with Crippen molar-refractivity contribution in [1.29, 1.82) is 0 Å². The first-order valence-corrected chi connectivity index (χ1v) is 12.3. The molecule has 3 aromatic rings. The van der Waals surface area contributed by atoms with Gasteiger partial charge in [-0.25, -0.2) is 8.42 Å². The van der Waals surface area contributed by atoms with Crippen LogP contribution in [0, 0.1) is 6.92 Å². The largest absolute Gasteiger partial charge is 0.454 e. The van der Waals surface area contributed by atoms with Gasteiger partial charge >= 0.3 is 0 Å². The molecule has 8 nitrogen and oxygen atoms in total. The summed E-state index contributed by atoms with van der Waals surface area (Å²) in [5.74, 6) is 0.0732. The number of ether oxygens (including phenoxy) is 2. The second-order valence-corrected chi connectivity index (χ2v) is 10.3. The summed E-state index contributed by atoms with van der Waals surface area (Å²) in [5.41, 5.74) is 2.26. The predicted molar refractivity (Wildman–Crippen MR) is 126 cm³/mol. The Labute approximate surface area is 197 Å². The summed E-state index contributed by atoms with van der Waals surface area (Å²) in [6.45, 7) is 1.68. The Morgan fingerprint density at radius 1 is 1.03 bits per heavy atom. The van der Waals surface area contributed by atoms with Crippen molar-refractivity contribution >= 4 is 33.0 Å². The fourth-order valence-electron chi connectivity index (χ4n) is 4.15. The molecule has 1 unspecified atom stereocenters. The number of fused-ring (bicyclic) bond motifs is 2. The molecule has 0 radical (unpaired) electrons. The van der Waals surface area contributed by atoms with Gasteiger partial charge in [-0.2, -0.15) is 0 Å². The van der Waals surface area contributed by atoms with Gasteiger partial charge in [0.2, 0.25) is 18.6 Å². The van der Waals surface area contributed by atoms with Gasteiger partial charge in [-0.1, -0.05) is 35.9 Å². The van der Waals surface area contributed by atoms with Crippen molar-refractivity contribution in [3.8, 4) is 11.5 Å². The number of nitrogens with one attached hydrogen (secondary N) is 1. The van der Waals surface area contributed by atoms with Crippen LogP contribution in [0.15, 0.2) is 71.6 Å². The van der Waals surface area contributed by atoms with Gasteiger partial charge in [-0.15, -0.1) is 0 Å². The minimum Gasteiger partial charge on any atom is -0.454 e. The van der Waals surface area contributed by atoms with Gasteiger partial charge in [0.1, 0.15) is 6.54 Å². The van der Waals surface area contributed by atoms with Crippen LogP contribution in [0.2, 0.25) is 0 Å². The van der Waals surface area contributed by atoms with Crippen molar-refractivity contribution in [3.63, 3.8) is 0 Å². The fraction of sp³-hybridized carbons (Fsp3) is 0.200. The van der Waals surface area contributed by atoms with Crippen LogP contribution in [0.4, 0.5) is 11.4 Å². The van der Waals surface area contributed by atoms with Gasteiger partial charge in [0, 0.05) is 12.1 Å². The number of hydrogen-bond donors (Lipinski definition) is 1. The van der Waals surface area contributed by atoms with E-state index in [1.54, 1.807) is 48.5 Å². The van der Waals surface area contributed by atoms with E-state index in [0.717, 1.165) is 5.56 Å². The number of nitrogens with zero attached hydrogens (tertiary/aromatic N) is 1. The number of aryl methyl sites for hydroxylation is 1. The van der Waals surface area contributed by atoms with Crippen LogP contribution in [0.1, 0.15) is 22.8 Å². The number of amides is 2. The summed E-state index contributed by atoms with van der Waals surface area (Å²) in [5, 5.41) is 1.64. The SMILES string of the molecule is Cc1ccc(NC(=O)CN2C(=O)CC(c3ccc4c(c3)OCO4)S(=O)(=O)c3ccccc32)cc1. The number of carbonyl (C=O) groups is 2. The first-order chi connectivity index (χ1) is 16.3. The second kappa shape index (κ2) is 8.49. The molecule has 1 atom stereocenters. The van der Waals surface area contributed by atoms with Crippen LogP contribution >= 0.6 is 0 Å². The van der Waals surface area contributed by atoms with Crippen LogP contribution in [0.3, 0.4) is 0 Å². The summed E-state index contributed by atoms with van der Waals surface area (Å²) in [6, 6.07) is 18.4. The normalized spacial score (nSPS) is 18.2. The van der Waals surface area contributed by atoms with Crippen LogP contribution in [0.25, 0.3) is 0 Å². The lowest BCUT2D eigenvalue weighted by Crippen LogP contribution is -2.38. The van der Waals surface area contributed by atoms with Gasteiger partial charge in [-0.3, -0.25) is 9.59 Å². The number of carbonyl (C=O) groups excluding carboxylic acids is 2. The quantitative estimate of drug-likeness (QED) is 0.615. The van der Waals surface area contributed by atoms with Gasteiger partial charge in [0.15, 0.2) is 21.3 Å². The minimum atomic E-state index is -3.95. The van der Waals surface area contributed by atoms with E-state index in [1.165, 1.54) is 11.0 Å². The Balaban J connectivity index is 1.49. The minimum absolute atomic E-state index is 0.00616. The first-order valence-electron chi connectivity index (χ1n) is 10.7. The summed E-state index contributed by atoms with van der Waals surface area (Å²) in [7, 11) is -3.95. The van der Waals surface area contributed by atoms with Gasteiger partial charge < -0.3 is 19.7 Å². The number of hydrogen-bond acceptors (Lipinski definition) is 6. The molecule has 0 fully saturated rings. The molecule has 2 aliphatic rings. The van der Waals surface area contributed by atoms with Crippen LogP contribution < -0.4 is 19.7 Å². The third-order valence-corrected chi connectivity index (χ3v) is 8.05. The molecule has 0 saturated heterocycles. The van der Waals surface area contributed by atoms with Crippen molar-refractivity contribution < 1.29 is 27.5 Å². The Morgan fingerprint density at radius 2 is 1.76 bits per heavy atom. The van der Waals surface area contributed by atoms with E-state index in [1.807, 2.05) is 19.1 Å². The smallest absolute Gasteiger partial charge is 0.244 e. The topological polar surface area (TPSA) is 102 Å². The predicted octanol–water partition coefficient (Wildman–Crippen LogP) is 3.61. The number of sulfone groups is 1. The second-order valence-electron chi connectivity index (χ2n) is 8.21. The van der Waals surface area contributed by atoms with Crippen molar-refractivity contribution in [1.82, 2.24) is 0 Å². The molecular weight excluding hydrogens is 456 g/mol. The number of rotatable bonds is 4. The molecule has 34 heavy (non-hydrogen) atoms. The molecule has 5 rings (SSSR count). The van der Waals surface area contributed by atoms with Gasteiger partial charge in [0.05, 0.1) is 15.8 Å². The zero-order valence-corrected chi connectivity index (χ0v) is 19.2. The molecule has 0 aliphatic carbocycles. The highest BCUT2D eigenvalue weighted by atomic mass is 32.2. The highest BCUT2D eigenvalue weighted by Crippen LogP contribution is 2.43. The van der Waals surface area contributed by atoms with Crippen molar-refractivity contribution in [2.45, 2.75) is 23.5 Å². The Kier molecular flexibility index (Phi) is 5.49. The highest BCUT2D eigenvalue weighted by molar-refractivity contribution is 7.92. The van der Waals surface area contributed by atoms with Crippen molar-refractivity contribution in [2.24, 2.45) is 0 Å². The average molecular weight is 479 g/mol. The number of benzene rings is 3. The zero-order chi connectivity index (χ0) is 23.9. The molecule has 0 bridgehead atoms. The maximum absolute atomic E-state index is 13.7. The average Bonchev–Trinajstić information content (AvgIpc) is 3.27. The lowest BCUT2D eigenvalue weighted by molar-refractivity contribution is -0.121. The van der Waals surface area contributed by atoms with E-state index in [2.05, 4.69) is 5.32 Å². The van der Waals surface area contributed by atoms with E-state index in [0.29, 0.717) is 22.7 Å². The maximum Gasteiger partial charge on any atom is 0.244 e. The van der Waals surface area contributed by atoms with E-state index < -0.39 is 26.9 Å². The van der Waals surface area contributed by atoms with Crippen LogP contribution in [-0.4, -0.2) is 33.6 Å². The van der Waals surface area contributed by atoms with Crippen LogP contribution in [0.5, 0.6) is 11.5 Å². The summed E-state index contributed by atoms with van der Waals surface area (Å²) in [6.07, 6.45) is -0.311. The van der Waals surface area contributed by atoms with Gasteiger partial charge in [-0.05, 0) is 48.9 Å². The molecule has 9 heteroatoms. The number of para-hydroxylation sites is 1. The molecule has 3 aromatic carbocycles. The molecule has 2 heterocycles. The molecule has 0 spiro atoms. The number of anilines is 2. The Bertz CT molecular complexity index is 1380. The highest BCUT2D eigenvalue weighted by Gasteiger charge is 2.40. The van der Waals surface area contributed by atoms with E-state index in [-0.39, 0.29) is 30.3 Å². The van der Waals surface area contributed by atoms with Crippen molar-refractivity contribution in [2.75, 3.05) is 23.6 Å². The fourth-order valence-corrected chi connectivity index (χ4v) is 6.06. The molecule has 0 aromatic heterocycles. The first kappa shape index (κ1) is 22.0. The van der Waals surface area contributed by atoms with E-state index in [4.69, 9.17) is 9.47 Å². The summed E-state index contributed by atoms with van der Waals surface area (Å²) < 4.78 is 38.1. The molecule has 174 valence electrons. The van der Waals surface area contributed by atoms with Gasteiger partial charge in [0.25, 0.3) is 0 Å². The summed E-state index contributed by atoms with van der Waals surface area (Å²) in [4.78, 5) is 27.4. The molecule has 2 aliphatic heterocycles. The molecule has 0 saturated carbocycles. The standard InChI is InChI=1S/C25H22N2O6S/c1-16-6-9-18(10-7-16)26-24(28)14-27-19-4-2-3-5-22(19)34(30,31)23(13-25(27)29)17-8-11-20-21(12-17)33-15-32-20/h2-12,23H,13-15H2,1H3,(H,26,28). The lowest BCUT2D eigenvalue weighted by Gasteiger charge is -2.21. The molecule has 1 N–H and O–H groups in total. The Hall–Kier alpha value is -3.85. The van der Waals surface area contributed by atoms with E-state index in [9.17, 15) is 18.0 Å². The maximum atomic E-state index is 13.7. The van der Waals surface area contributed by atoms with Crippen LogP contribution in [-0.2, 0) is 19.4 Å². The third kappa shape index (κ3) is 3.99. The van der Waals surface area contributed by atoms with Crippen molar-refractivity contribution in [3.05, 3.63) is 77.9 Å². The monoisotopic (exact) mass is 478 g/mol.